The molecule has 5 nitrogen and oxygen atoms in total. The van der Waals surface area contributed by atoms with Crippen LogP contribution in [0.25, 0.3) is 10.9 Å². The van der Waals surface area contributed by atoms with E-state index >= 15 is 0 Å². The lowest BCUT2D eigenvalue weighted by atomic mass is 10.1. The Kier molecular flexibility index (Phi) is 2.87. The van der Waals surface area contributed by atoms with Crippen LogP contribution in [0.2, 0.25) is 0 Å². The number of rotatable bonds is 2. The highest BCUT2D eigenvalue weighted by molar-refractivity contribution is 8.14. The summed E-state index contributed by atoms with van der Waals surface area (Å²) in [5.74, 6) is -1.15. The first-order valence-electron chi connectivity index (χ1n) is 5.02. The molecule has 0 aliphatic rings. The van der Waals surface area contributed by atoms with Crippen molar-refractivity contribution in [2.75, 3.05) is 0 Å². The Morgan fingerprint density at radius 1 is 1.33 bits per heavy atom. The summed E-state index contributed by atoms with van der Waals surface area (Å²) >= 11 is 0. The third-order valence-corrected chi connectivity index (χ3v) is 4.25. The van der Waals surface area contributed by atoms with Gasteiger partial charge in [-0.15, -0.1) is 0 Å². The molecule has 1 aromatic heterocycles. The molecular weight excluding hydrogens is 278 g/mol. The van der Waals surface area contributed by atoms with Crippen molar-refractivity contribution in [1.29, 1.82) is 0 Å². The van der Waals surface area contributed by atoms with Crippen molar-refractivity contribution in [1.82, 2.24) is 4.98 Å². The summed E-state index contributed by atoms with van der Waals surface area (Å²) < 4.78 is 23.0. The molecule has 0 amide bonds. The van der Waals surface area contributed by atoms with Crippen LogP contribution in [0.4, 0.5) is 0 Å². The van der Waals surface area contributed by atoms with Crippen LogP contribution in [0.5, 0.6) is 0 Å². The van der Waals surface area contributed by atoms with E-state index in [0.717, 1.165) is 11.1 Å². The van der Waals surface area contributed by atoms with Crippen molar-refractivity contribution in [3.05, 3.63) is 29.0 Å². The molecule has 0 bridgehead atoms. The number of halogens is 1. The van der Waals surface area contributed by atoms with Crippen molar-refractivity contribution < 1.29 is 18.3 Å². The molecule has 1 aromatic carbocycles. The van der Waals surface area contributed by atoms with Gasteiger partial charge in [0.1, 0.15) is 5.69 Å². The van der Waals surface area contributed by atoms with E-state index in [-0.39, 0.29) is 10.6 Å². The summed E-state index contributed by atoms with van der Waals surface area (Å²) in [6, 6.07) is 2.72. The van der Waals surface area contributed by atoms with Crippen molar-refractivity contribution in [2.45, 2.75) is 18.7 Å². The fraction of sp³-hybridized carbons (Fsp3) is 0.182. The summed E-state index contributed by atoms with van der Waals surface area (Å²) in [5.41, 5.74) is 1.92. The summed E-state index contributed by atoms with van der Waals surface area (Å²) in [6.07, 6.45) is 0. The number of aromatic amines is 1. The average molecular weight is 288 g/mol. The predicted molar refractivity (Wildman–Crippen MR) is 67.8 cm³/mol. The molecule has 96 valence electrons. The maximum atomic E-state index is 11.5. The fourth-order valence-electron chi connectivity index (χ4n) is 1.84. The number of fused-ring (bicyclic) bond motifs is 1. The van der Waals surface area contributed by atoms with Gasteiger partial charge in [0.2, 0.25) is 0 Å². The molecule has 0 aliphatic heterocycles. The van der Waals surface area contributed by atoms with Gasteiger partial charge >= 0.3 is 5.97 Å². The number of aromatic nitrogens is 1. The van der Waals surface area contributed by atoms with Crippen LogP contribution < -0.4 is 0 Å². The molecule has 2 rings (SSSR count). The van der Waals surface area contributed by atoms with Gasteiger partial charge in [0, 0.05) is 16.1 Å². The molecule has 0 saturated carbocycles. The quantitative estimate of drug-likeness (QED) is 0.830. The predicted octanol–water partition coefficient (Wildman–Crippen LogP) is 2.41. The van der Waals surface area contributed by atoms with E-state index in [1.165, 1.54) is 12.1 Å². The minimum absolute atomic E-state index is 0.0692. The van der Waals surface area contributed by atoms with Gasteiger partial charge in [-0.1, -0.05) is 0 Å². The molecule has 1 heterocycles. The Balaban J connectivity index is 2.97. The Labute approximate surface area is 108 Å². The van der Waals surface area contributed by atoms with E-state index in [1.807, 2.05) is 0 Å². The molecule has 7 heteroatoms. The fourth-order valence-corrected chi connectivity index (χ4v) is 2.97. The van der Waals surface area contributed by atoms with Crippen molar-refractivity contribution in [2.24, 2.45) is 0 Å². The molecule has 0 fully saturated rings. The molecule has 2 aromatic rings. The lowest BCUT2D eigenvalue weighted by Crippen LogP contribution is -1.95. The van der Waals surface area contributed by atoms with Crippen molar-refractivity contribution in [3.8, 4) is 0 Å². The lowest BCUT2D eigenvalue weighted by molar-refractivity contribution is 0.0691. The molecule has 0 radical (unpaired) electrons. The van der Waals surface area contributed by atoms with Gasteiger partial charge in [-0.2, -0.15) is 0 Å². The van der Waals surface area contributed by atoms with Crippen LogP contribution in [0, 0.1) is 13.8 Å². The molecule has 0 aliphatic carbocycles. The standard InChI is InChI=1S/C11H10ClNO4S/c1-5-3-9(18(12,16)17)7-4-8(11(14)15)13-10(7)6(5)2/h3-4,13H,1-2H3,(H,14,15). The summed E-state index contributed by atoms with van der Waals surface area (Å²) in [6.45, 7) is 3.52. The second-order valence-corrected chi connectivity index (χ2v) is 6.57. The van der Waals surface area contributed by atoms with Gasteiger partial charge in [-0.05, 0) is 37.1 Å². The number of aromatic carboxylic acids is 1. The van der Waals surface area contributed by atoms with Gasteiger partial charge in [0.05, 0.1) is 10.4 Å². The number of hydrogen-bond acceptors (Lipinski definition) is 3. The SMILES string of the molecule is Cc1cc(S(=O)(=O)Cl)c2cc(C(=O)O)[nH]c2c1C. The van der Waals surface area contributed by atoms with Gasteiger partial charge in [0.15, 0.2) is 0 Å². The minimum atomic E-state index is -3.92. The van der Waals surface area contributed by atoms with Crippen molar-refractivity contribution in [3.63, 3.8) is 0 Å². The number of hydrogen-bond donors (Lipinski definition) is 2. The van der Waals surface area contributed by atoms with E-state index < -0.39 is 15.0 Å². The highest BCUT2D eigenvalue weighted by Gasteiger charge is 2.20. The van der Waals surface area contributed by atoms with E-state index in [2.05, 4.69) is 4.98 Å². The summed E-state index contributed by atoms with van der Waals surface area (Å²) in [7, 11) is 1.44. The van der Waals surface area contributed by atoms with Crippen LogP contribution in [0.3, 0.4) is 0 Å². The van der Waals surface area contributed by atoms with Gasteiger partial charge in [-0.3, -0.25) is 0 Å². The van der Waals surface area contributed by atoms with Gasteiger partial charge in [0.25, 0.3) is 9.05 Å². The van der Waals surface area contributed by atoms with E-state index in [4.69, 9.17) is 15.8 Å². The zero-order valence-corrected chi connectivity index (χ0v) is 11.2. The summed E-state index contributed by atoms with van der Waals surface area (Å²) in [5, 5.41) is 9.22. The number of nitrogens with one attached hydrogen (secondary N) is 1. The normalized spacial score (nSPS) is 11.9. The molecule has 2 N–H and O–H groups in total. The van der Waals surface area contributed by atoms with Crippen LogP contribution in [0.15, 0.2) is 17.0 Å². The first-order chi connectivity index (χ1) is 8.21. The van der Waals surface area contributed by atoms with Gasteiger partial charge < -0.3 is 10.1 Å². The highest BCUT2D eigenvalue weighted by atomic mass is 35.7. The molecule has 18 heavy (non-hydrogen) atoms. The second-order valence-electron chi connectivity index (χ2n) is 4.03. The Hall–Kier alpha value is -1.53. The first-order valence-corrected chi connectivity index (χ1v) is 7.33. The van der Waals surface area contributed by atoms with Crippen LogP contribution in [0.1, 0.15) is 21.6 Å². The maximum absolute atomic E-state index is 11.5. The minimum Gasteiger partial charge on any atom is -0.477 e. The number of carbonyl (C=O) groups is 1. The topological polar surface area (TPSA) is 87.2 Å². The molecule has 0 unspecified atom stereocenters. The van der Waals surface area contributed by atoms with Crippen LogP contribution in [-0.2, 0) is 9.05 Å². The maximum Gasteiger partial charge on any atom is 0.352 e. The molecule has 0 saturated heterocycles. The second kappa shape index (κ2) is 4.00. The Morgan fingerprint density at radius 3 is 2.44 bits per heavy atom. The zero-order valence-electron chi connectivity index (χ0n) is 9.61. The number of aryl methyl sites for hydroxylation is 2. The number of H-pyrrole nitrogens is 1. The third kappa shape index (κ3) is 1.97. The third-order valence-electron chi connectivity index (χ3n) is 2.89. The Morgan fingerprint density at radius 2 is 1.94 bits per heavy atom. The Bertz CT molecular complexity index is 761. The van der Waals surface area contributed by atoms with E-state index in [0.29, 0.717) is 10.9 Å². The van der Waals surface area contributed by atoms with Crippen molar-refractivity contribution >= 4 is 36.6 Å². The van der Waals surface area contributed by atoms with Crippen LogP contribution in [-0.4, -0.2) is 24.5 Å². The molecule has 0 atom stereocenters. The highest BCUT2D eigenvalue weighted by Crippen LogP contribution is 2.31. The van der Waals surface area contributed by atoms with E-state index in [1.54, 1.807) is 13.8 Å². The summed E-state index contributed by atoms with van der Waals surface area (Å²) in [4.78, 5) is 13.5. The smallest absolute Gasteiger partial charge is 0.352 e. The monoisotopic (exact) mass is 287 g/mol. The average Bonchev–Trinajstić information content (AvgIpc) is 2.66. The largest absolute Gasteiger partial charge is 0.477 e. The van der Waals surface area contributed by atoms with E-state index in [9.17, 15) is 13.2 Å². The molecular formula is C11H10ClNO4S. The number of benzene rings is 1. The zero-order chi connectivity index (χ0) is 13.7. The lowest BCUT2D eigenvalue weighted by Gasteiger charge is -2.05. The first kappa shape index (κ1) is 12.9. The molecule has 0 spiro atoms. The van der Waals surface area contributed by atoms with Gasteiger partial charge in [-0.25, -0.2) is 13.2 Å². The number of carboxylic acid groups (broad SMARTS) is 1. The van der Waals surface area contributed by atoms with Crippen LogP contribution >= 0.6 is 10.7 Å². The number of carboxylic acids is 1.